The molecular formula is C16H14ClNO2S. The van der Waals surface area contributed by atoms with E-state index in [0.717, 1.165) is 22.6 Å². The minimum absolute atomic E-state index is 0.0591. The fourth-order valence-electron chi connectivity index (χ4n) is 2.28. The number of nitrogens with one attached hydrogen (secondary N) is 1. The summed E-state index contributed by atoms with van der Waals surface area (Å²) in [7, 11) is 0. The molecule has 1 aliphatic heterocycles. The van der Waals surface area contributed by atoms with E-state index in [1.807, 2.05) is 36.4 Å². The highest BCUT2D eigenvalue weighted by Crippen LogP contribution is 2.37. The second kappa shape index (κ2) is 6.41. The Kier molecular flexibility index (Phi) is 4.36. The second-order valence-corrected chi connectivity index (χ2v) is 6.29. The molecule has 5 heteroatoms. The van der Waals surface area contributed by atoms with E-state index in [9.17, 15) is 4.79 Å². The van der Waals surface area contributed by atoms with E-state index in [2.05, 4.69) is 5.32 Å². The van der Waals surface area contributed by atoms with E-state index in [1.54, 1.807) is 23.9 Å². The van der Waals surface area contributed by atoms with E-state index >= 15 is 0 Å². The first-order chi connectivity index (χ1) is 10.2. The molecule has 0 aromatic heterocycles. The predicted octanol–water partition coefficient (Wildman–Crippen LogP) is 4.67. The van der Waals surface area contributed by atoms with Gasteiger partial charge < -0.3 is 10.1 Å². The molecule has 2 aromatic rings. The highest BCUT2D eigenvalue weighted by Gasteiger charge is 2.23. The summed E-state index contributed by atoms with van der Waals surface area (Å²) in [5.74, 6) is 1.50. The Balaban J connectivity index is 1.71. The molecular weight excluding hydrogens is 306 g/mol. The van der Waals surface area contributed by atoms with Gasteiger partial charge in [-0.2, -0.15) is 0 Å². The van der Waals surface area contributed by atoms with Crippen molar-refractivity contribution in [2.75, 3.05) is 5.75 Å². The molecule has 1 atom stereocenters. The maximum Gasteiger partial charge on any atom is 0.413 e. The number of hydrogen-bond acceptors (Lipinski definition) is 3. The van der Waals surface area contributed by atoms with Gasteiger partial charge in [-0.1, -0.05) is 29.8 Å². The molecule has 1 heterocycles. The van der Waals surface area contributed by atoms with Crippen molar-refractivity contribution in [2.45, 2.75) is 17.4 Å². The van der Waals surface area contributed by atoms with Crippen LogP contribution in [0.1, 0.15) is 18.0 Å². The van der Waals surface area contributed by atoms with E-state index in [-0.39, 0.29) is 6.04 Å². The molecule has 0 saturated carbocycles. The summed E-state index contributed by atoms with van der Waals surface area (Å²) in [4.78, 5) is 13.2. The zero-order valence-electron chi connectivity index (χ0n) is 11.2. The Morgan fingerprint density at radius 3 is 2.86 bits per heavy atom. The number of benzene rings is 2. The first-order valence-corrected chi connectivity index (χ1v) is 8.04. The topological polar surface area (TPSA) is 38.3 Å². The average molecular weight is 320 g/mol. The minimum atomic E-state index is -0.441. The maximum absolute atomic E-state index is 12.0. The number of amides is 1. The summed E-state index contributed by atoms with van der Waals surface area (Å²) in [6.45, 7) is 0. The van der Waals surface area contributed by atoms with Crippen LogP contribution in [0.3, 0.4) is 0 Å². The summed E-state index contributed by atoms with van der Waals surface area (Å²) < 4.78 is 5.27. The van der Waals surface area contributed by atoms with Gasteiger partial charge in [0.05, 0.1) is 6.04 Å². The van der Waals surface area contributed by atoms with Gasteiger partial charge in [0.1, 0.15) is 5.75 Å². The lowest BCUT2D eigenvalue weighted by Gasteiger charge is -2.25. The Bertz CT molecular complexity index is 648. The number of rotatable bonds is 2. The lowest BCUT2D eigenvalue weighted by Crippen LogP contribution is -2.32. The highest BCUT2D eigenvalue weighted by molar-refractivity contribution is 7.99. The summed E-state index contributed by atoms with van der Waals surface area (Å²) in [6, 6.07) is 14.8. The molecule has 0 fully saturated rings. The number of carbonyl (C=O) groups is 1. The van der Waals surface area contributed by atoms with Crippen molar-refractivity contribution >= 4 is 29.5 Å². The summed E-state index contributed by atoms with van der Waals surface area (Å²) >= 11 is 7.84. The second-order valence-electron chi connectivity index (χ2n) is 4.72. The fraction of sp³-hybridized carbons (Fsp3) is 0.188. The maximum atomic E-state index is 12.0. The number of carbonyl (C=O) groups excluding carboxylic acids is 1. The molecule has 0 bridgehead atoms. The fourth-order valence-corrected chi connectivity index (χ4v) is 3.57. The van der Waals surface area contributed by atoms with Crippen molar-refractivity contribution in [3.8, 4) is 5.75 Å². The Morgan fingerprint density at radius 2 is 2.05 bits per heavy atom. The SMILES string of the molecule is O=C(NC1CCSc2ccc(Cl)cc21)Oc1ccccc1. The van der Waals surface area contributed by atoms with Crippen LogP contribution in [0.4, 0.5) is 4.79 Å². The number of ether oxygens (including phenoxy) is 1. The molecule has 3 nitrogen and oxygen atoms in total. The molecule has 108 valence electrons. The zero-order valence-corrected chi connectivity index (χ0v) is 12.8. The number of fused-ring (bicyclic) bond motifs is 1. The van der Waals surface area contributed by atoms with Crippen LogP contribution in [0.25, 0.3) is 0 Å². The number of hydrogen-bond donors (Lipinski definition) is 1. The van der Waals surface area contributed by atoms with Crippen LogP contribution in [0.2, 0.25) is 5.02 Å². The Hall–Kier alpha value is -1.65. The molecule has 1 amide bonds. The number of halogens is 1. The standard InChI is InChI=1S/C16H14ClNO2S/c17-11-6-7-15-13(10-11)14(8-9-21-15)18-16(19)20-12-4-2-1-3-5-12/h1-7,10,14H,8-9H2,(H,18,19). The average Bonchev–Trinajstić information content (AvgIpc) is 2.49. The normalized spacial score (nSPS) is 16.9. The van der Waals surface area contributed by atoms with Crippen LogP contribution in [-0.4, -0.2) is 11.8 Å². The van der Waals surface area contributed by atoms with Crippen molar-refractivity contribution in [1.29, 1.82) is 0 Å². The van der Waals surface area contributed by atoms with Gasteiger partial charge in [-0.25, -0.2) is 4.79 Å². The van der Waals surface area contributed by atoms with E-state index in [0.29, 0.717) is 10.8 Å². The van der Waals surface area contributed by atoms with Crippen LogP contribution < -0.4 is 10.1 Å². The van der Waals surface area contributed by atoms with Crippen molar-refractivity contribution in [3.05, 3.63) is 59.1 Å². The van der Waals surface area contributed by atoms with Crippen LogP contribution in [-0.2, 0) is 0 Å². The quantitative estimate of drug-likeness (QED) is 0.874. The van der Waals surface area contributed by atoms with E-state index in [4.69, 9.17) is 16.3 Å². The van der Waals surface area contributed by atoms with Crippen molar-refractivity contribution < 1.29 is 9.53 Å². The molecule has 1 unspecified atom stereocenters. The predicted molar refractivity (Wildman–Crippen MR) is 85.1 cm³/mol. The third-order valence-corrected chi connectivity index (χ3v) is 4.61. The van der Waals surface area contributed by atoms with Gasteiger partial charge in [0.15, 0.2) is 0 Å². The van der Waals surface area contributed by atoms with Gasteiger partial charge in [-0.3, -0.25) is 0 Å². The molecule has 2 aromatic carbocycles. The summed E-state index contributed by atoms with van der Waals surface area (Å²) in [5, 5.41) is 3.60. The van der Waals surface area contributed by atoms with Gasteiger partial charge in [0, 0.05) is 15.7 Å². The minimum Gasteiger partial charge on any atom is -0.410 e. The monoisotopic (exact) mass is 319 g/mol. The van der Waals surface area contributed by atoms with Crippen LogP contribution >= 0.6 is 23.4 Å². The van der Waals surface area contributed by atoms with Crippen LogP contribution in [0.15, 0.2) is 53.4 Å². The number of thioether (sulfide) groups is 1. The Labute approximate surface area is 132 Å². The van der Waals surface area contributed by atoms with Gasteiger partial charge in [-0.15, -0.1) is 11.8 Å². The molecule has 0 spiro atoms. The van der Waals surface area contributed by atoms with Gasteiger partial charge in [0.2, 0.25) is 0 Å². The van der Waals surface area contributed by atoms with E-state index < -0.39 is 6.09 Å². The lowest BCUT2D eigenvalue weighted by molar-refractivity contribution is 0.195. The Morgan fingerprint density at radius 1 is 1.24 bits per heavy atom. The summed E-state index contributed by atoms with van der Waals surface area (Å²) in [5.41, 5.74) is 1.06. The van der Waals surface area contributed by atoms with Gasteiger partial charge in [-0.05, 0) is 42.3 Å². The molecule has 0 saturated heterocycles. The molecule has 21 heavy (non-hydrogen) atoms. The summed E-state index contributed by atoms with van der Waals surface area (Å²) in [6.07, 6.45) is 0.422. The van der Waals surface area contributed by atoms with Crippen molar-refractivity contribution in [3.63, 3.8) is 0 Å². The molecule has 0 radical (unpaired) electrons. The molecule has 1 N–H and O–H groups in total. The molecule has 3 rings (SSSR count). The van der Waals surface area contributed by atoms with Crippen LogP contribution in [0, 0.1) is 0 Å². The zero-order chi connectivity index (χ0) is 14.7. The smallest absolute Gasteiger partial charge is 0.410 e. The molecule has 0 aliphatic carbocycles. The number of para-hydroxylation sites is 1. The lowest BCUT2D eigenvalue weighted by atomic mass is 10.0. The third-order valence-electron chi connectivity index (χ3n) is 3.26. The van der Waals surface area contributed by atoms with Gasteiger partial charge in [0.25, 0.3) is 0 Å². The first kappa shape index (κ1) is 14.3. The van der Waals surface area contributed by atoms with Crippen molar-refractivity contribution in [2.24, 2.45) is 0 Å². The highest BCUT2D eigenvalue weighted by atomic mass is 35.5. The van der Waals surface area contributed by atoms with Gasteiger partial charge >= 0.3 is 6.09 Å². The van der Waals surface area contributed by atoms with Crippen molar-refractivity contribution in [1.82, 2.24) is 5.32 Å². The largest absolute Gasteiger partial charge is 0.413 e. The third kappa shape index (κ3) is 3.52. The van der Waals surface area contributed by atoms with E-state index in [1.165, 1.54) is 0 Å². The molecule has 1 aliphatic rings. The first-order valence-electron chi connectivity index (χ1n) is 6.68. The van der Waals surface area contributed by atoms with Crippen LogP contribution in [0.5, 0.6) is 5.75 Å².